The minimum Gasteiger partial charge on any atom is -0.348 e. The van der Waals surface area contributed by atoms with Crippen molar-refractivity contribution in [2.45, 2.75) is 32.5 Å². The van der Waals surface area contributed by atoms with E-state index in [2.05, 4.69) is 16.9 Å². The van der Waals surface area contributed by atoms with Gasteiger partial charge in [0.25, 0.3) is 0 Å². The van der Waals surface area contributed by atoms with E-state index in [0.717, 1.165) is 45.4 Å². The lowest BCUT2D eigenvalue weighted by Gasteiger charge is -2.12. The first-order chi connectivity index (χ1) is 13.8. The number of fused-ring (bicyclic) bond motifs is 1. The first-order valence-electron chi connectivity index (χ1n) is 9.22. The van der Waals surface area contributed by atoms with Crippen molar-refractivity contribution >= 4 is 16.8 Å². The molecular formula is C23H21F3N2O. The van der Waals surface area contributed by atoms with Gasteiger partial charge in [0.2, 0.25) is 5.91 Å². The fraction of sp³-hybridized carbons (Fsp3) is 0.217. The zero-order chi connectivity index (χ0) is 21.0. The Labute approximate surface area is 167 Å². The lowest BCUT2D eigenvalue weighted by atomic mass is 9.98. The molecule has 0 unspecified atom stereocenters. The molecule has 6 heteroatoms. The molecule has 150 valence electrons. The predicted molar refractivity (Wildman–Crippen MR) is 107 cm³/mol. The van der Waals surface area contributed by atoms with Gasteiger partial charge in [0, 0.05) is 17.6 Å². The van der Waals surface area contributed by atoms with Crippen LogP contribution in [0.15, 0.2) is 61.2 Å². The van der Waals surface area contributed by atoms with Gasteiger partial charge in [-0.15, -0.1) is 0 Å². The number of carbonyl (C=O) groups is 1. The zero-order valence-corrected chi connectivity index (χ0v) is 16.0. The molecule has 0 aliphatic rings. The molecule has 0 bridgehead atoms. The minimum absolute atomic E-state index is 0.246. The van der Waals surface area contributed by atoms with E-state index in [0.29, 0.717) is 19.4 Å². The number of pyridine rings is 1. The first kappa shape index (κ1) is 20.6. The van der Waals surface area contributed by atoms with Gasteiger partial charge in [-0.2, -0.15) is 13.2 Å². The van der Waals surface area contributed by atoms with Crippen molar-refractivity contribution in [3.8, 4) is 0 Å². The van der Waals surface area contributed by atoms with Gasteiger partial charge in [-0.25, -0.2) is 0 Å². The quantitative estimate of drug-likeness (QED) is 0.584. The first-order valence-corrected chi connectivity index (χ1v) is 9.22. The lowest BCUT2D eigenvalue weighted by molar-refractivity contribution is -0.137. The summed E-state index contributed by atoms with van der Waals surface area (Å²) in [5.74, 6) is -0.246. The summed E-state index contributed by atoms with van der Waals surface area (Å²) >= 11 is 0. The maximum atomic E-state index is 12.7. The molecule has 0 saturated carbocycles. The molecule has 1 heterocycles. The highest BCUT2D eigenvalue weighted by Gasteiger charge is 2.29. The summed E-state index contributed by atoms with van der Waals surface area (Å²) in [5, 5.41) is 3.72. The molecule has 1 aromatic heterocycles. The van der Waals surface area contributed by atoms with Crippen LogP contribution in [-0.2, 0) is 30.4 Å². The maximum absolute atomic E-state index is 12.7. The van der Waals surface area contributed by atoms with E-state index >= 15 is 0 Å². The smallest absolute Gasteiger partial charge is 0.348 e. The summed E-state index contributed by atoms with van der Waals surface area (Å²) in [6.45, 7) is 5.72. The van der Waals surface area contributed by atoms with Crippen molar-refractivity contribution in [3.05, 3.63) is 89.1 Å². The number of hydrogen-bond donors (Lipinski definition) is 1. The number of nitrogens with zero attached hydrogens (tertiary/aromatic N) is 1. The number of benzene rings is 2. The van der Waals surface area contributed by atoms with Crippen LogP contribution in [0, 0.1) is 6.92 Å². The number of amides is 1. The molecule has 1 amide bonds. The average Bonchev–Trinajstić information content (AvgIpc) is 2.70. The van der Waals surface area contributed by atoms with E-state index in [1.807, 2.05) is 31.2 Å². The van der Waals surface area contributed by atoms with Gasteiger partial charge in [-0.05, 0) is 60.7 Å². The maximum Gasteiger partial charge on any atom is 0.416 e. The number of aromatic nitrogens is 1. The van der Waals surface area contributed by atoms with E-state index in [1.54, 1.807) is 0 Å². The Morgan fingerprint density at radius 1 is 1.03 bits per heavy atom. The van der Waals surface area contributed by atoms with E-state index in [1.165, 1.54) is 18.2 Å². The number of rotatable bonds is 6. The van der Waals surface area contributed by atoms with Crippen LogP contribution in [0.25, 0.3) is 10.9 Å². The zero-order valence-electron chi connectivity index (χ0n) is 16.0. The Morgan fingerprint density at radius 2 is 1.72 bits per heavy atom. The van der Waals surface area contributed by atoms with E-state index < -0.39 is 11.7 Å². The second-order valence-electron chi connectivity index (χ2n) is 6.85. The highest BCUT2D eigenvalue weighted by atomic mass is 19.4. The molecule has 0 spiro atoms. The monoisotopic (exact) mass is 398 g/mol. The van der Waals surface area contributed by atoms with Gasteiger partial charge < -0.3 is 5.32 Å². The third kappa shape index (κ3) is 5.02. The fourth-order valence-electron chi connectivity index (χ4n) is 3.18. The number of hydrogen-bond acceptors (Lipinski definition) is 2. The molecule has 0 atom stereocenters. The number of alkyl halides is 3. The van der Waals surface area contributed by atoms with Crippen molar-refractivity contribution in [1.29, 1.82) is 0 Å². The van der Waals surface area contributed by atoms with Crippen LogP contribution in [0.3, 0.4) is 0 Å². The number of halogens is 3. The molecule has 0 aliphatic heterocycles. The van der Waals surface area contributed by atoms with Crippen LogP contribution in [-0.4, -0.2) is 10.9 Å². The number of aryl methyl sites for hydroxylation is 3. The highest BCUT2D eigenvalue weighted by molar-refractivity contribution is 5.88. The Kier molecular flexibility index (Phi) is 6.01. The normalized spacial score (nSPS) is 11.4. The van der Waals surface area contributed by atoms with Crippen molar-refractivity contribution in [1.82, 2.24) is 10.3 Å². The molecule has 0 saturated heterocycles. The Morgan fingerprint density at radius 3 is 2.38 bits per heavy atom. The van der Waals surface area contributed by atoms with E-state index in [4.69, 9.17) is 0 Å². The molecule has 3 aromatic rings. The van der Waals surface area contributed by atoms with Crippen LogP contribution in [0.5, 0.6) is 0 Å². The fourth-order valence-corrected chi connectivity index (χ4v) is 3.18. The summed E-state index contributed by atoms with van der Waals surface area (Å²) in [7, 11) is 0. The van der Waals surface area contributed by atoms with Crippen molar-refractivity contribution in [3.63, 3.8) is 0 Å². The molecule has 3 nitrogen and oxygen atoms in total. The van der Waals surface area contributed by atoms with Crippen LogP contribution in [0.4, 0.5) is 13.2 Å². The molecule has 2 aromatic carbocycles. The Bertz CT molecular complexity index is 1040. The van der Waals surface area contributed by atoms with Gasteiger partial charge in [-0.1, -0.05) is 36.9 Å². The number of nitrogens with one attached hydrogen (secondary N) is 1. The highest BCUT2D eigenvalue weighted by Crippen LogP contribution is 2.29. The minimum atomic E-state index is -4.33. The largest absolute Gasteiger partial charge is 0.416 e. The van der Waals surface area contributed by atoms with Crippen LogP contribution in [0.1, 0.15) is 27.9 Å². The van der Waals surface area contributed by atoms with E-state index in [9.17, 15) is 18.0 Å². The SMILES string of the molecule is C=CC(=O)NCc1ccc(CCc2ccc(C(F)(F)F)cc2)c2nc(C)ccc12. The lowest BCUT2D eigenvalue weighted by Crippen LogP contribution is -2.20. The van der Waals surface area contributed by atoms with Crippen molar-refractivity contribution < 1.29 is 18.0 Å². The Hall–Kier alpha value is -3.15. The van der Waals surface area contributed by atoms with Gasteiger partial charge in [-0.3, -0.25) is 9.78 Å². The van der Waals surface area contributed by atoms with Gasteiger partial charge in [0.1, 0.15) is 0 Å². The predicted octanol–water partition coefficient (Wildman–Crippen LogP) is 5.15. The second kappa shape index (κ2) is 8.47. The molecule has 0 radical (unpaired) electrons. The van der Waals surface area contributed by atoms with Crippen LogP contribution < -0.4 is 5.32 Å². The third-order valence-corrected chi connectivity index (χ3v) is 4.77. The molecule has 0 fully saturated rings. The van der Waals surface area contributed by atoms with Crippen molar-refractivity contribution in [2.75, 3.05) is 0 Å². The molecule has 1 N–H and O–H groups in total. The topological polar surface area (TPSA) is 42.0 Å². The van der Waals surface area contributed by atoms with E-state index in [-0.39, 0.29) is 5.91 Å². The standard InChI is InChI=1S/C23H21F3N2O/c1-3-21(29)27-14-18-10-9-17(22-20(18)13-4-15(2)28-22)8-5-16-6-11-19(12-7-16)23(24,25)26/h3-4,6-7,9-13H,1,5,8,14H2,2H3,(H,27,29). The summed E-state index contributed by atoms with van der Waals surface area (Å²) in [6, 6.07) is 13.1. The second-order valence-corrected chi connectivity index (χ2v) is 6.85. The summed E-state index contributed by atoms with van der Waals surface area (Å²) in [4.78, 5) is 16.1. The molecule has 29 heavy (non-hydrogen) atoms. The van der Waals surface area contributed by atoms with Crippen LogP contribution in [0.2, 0.25) is 0 Å². The molecule has 3 rings (SSSR count). The Balaban J connectivity index is 1.83. The number of carbonyl (C=O) groups excluding carboxylic acids is 1. The third-order valence-electron chi connectivity index (χ3n) is 4.77. The van der Waals surface area contributed by atoms with Gasteiger partial charge in [0.15, 0.2) is 0 Å². The summed E-state index contributed by atoms with van der Waals surface area (Å²) in [6.07, 6.45) is -1.84. The molecular weight excluding hydrogens is 377 g/mol. The van der Waals surface area contributed by atoms with Gasteiger partial charge >= 0.3 is 6.18 Å². The molecule has 0 aliphatic carbocycles. The average molecular weight is 398 g/mol. The summed E-state index contributed by atoms with van der Waals surface area (Å²) in [5.41, 5.74) is 3.88. The van der Waals surface area contributed by atoms with Crippen LogP contribution >= 0.6 is 0 Å². The van der Waals surface area contributed by atoms with Crippen molar-refractivity contribution in [2.24, 2.45) is 0 Å². The summed E-state index contributed by atoms with van der Waals surface area (Å²) < 4.78 is 38.1. The van der Waals surface area contributed by atoms with Gasteiger partial charge in [0.05, 0.1) is 11.1 Å².